The van der Waals surface area contributed by atoms with Crippen LogP contribution in [0.15, 0.2) is 36.4 Å². The van der Waals surface area contributed by atoms with E-state index in [4.69, 9.17) is 29.6 Å². The molecule has 1 fully saturated rings. The number of nitrogens with one attached hydrogen (secondary N) is 2. The zero-order valence-corrected chi connectivity index (χ0v) is 29.8. The number of anilines is 1. The quantitative estimate of drug-likeness (QED) is 0.0848. The first kappa shape index (κ1) is 41.2. The number of benzene rings is 2. The van der Waals surface area contributed by atoms with Gasteiger partial charge in [0.05, 0.1) is 19.4 Å². The van der Waals surface area contributed by atoms with Gasteiger partial charge in [0.15, 0.2) is 0 Å². The number of carbonyl (C=O) groups is 3. The maximum atomic E-state index is 9.06. The van der Waals surface area contributed by atoms with Gasteiger partial charge in [-0.15, -0.1) is 0 Å². The molecule has 2 aromatic rings. The Morgan fingerprint density at radius 3 is 2.45 bits per heavy atom. The summed E-state index contributed by atoms with van der Waals surface area (Å²) in [6.07, 6.45) is 8.79. The second-order valence-corrected chi connectivity index (χ2v) is 12.3. The summed E-state index contributed by atoms with van der Waals surface area (Å²) in [5, 5.41) is 5.30. The maximum Gasteiger partial charge on any atom is 0.213 e. The minimum absolute atomic E-state index is 0.250. The minimum Gasteiger partial charge on any atom is -0.495 e. The number of nitrogen functional groups attached to an aromatic ring is 1. The zero-order valence-electron chi connectivity index (χ0n) is 29.8. The molecule has 0 bridgehead atoms. The minimum atomic E-state index is 0.250. The highest BCUT2D eigenvalue weighted by molar-refractivity contribution is 5.67. The van der Waals surface area contributed by atoms with E-state index in [2.05, 4.69) is 76.9 Å². The van der Waals surface area contributed by atoms with Crippen molar-refractivity contribution >= 4 is 24.9 Å². The van der Waals surface area contributed by atoms with Crippen LogP contribution in [0.2, 0.25) is 0 Å². The Labute approximate surface area is 293 Å². The highest BCUT2D eigenvalue weighted by atomic mass is 16.5. The number of hydrogen-bond donors (Lipinski definition) is 4. The predicted molar refractivity (Wildman–Crippen MR) is 196 cm³/mol. The van der Waals surface area contributed by atoms with Crippen molar-refractivity contribution in [1.29, 1.82) is 0 Å². The van der Waals surface area contributed by atoms with E-state index in [1.54, 1.807) is 12.4 Å². The van der Waals surface area contributed by atoms with Crippen LogP contribution in [0.5, 0.6) is 5.75 Å². The third-order valence-corrected chi connectivity index (χ3v) is 8.86. The molecule has 2 aromatic carbocycles. The Hall–Kier alpha value is -3.95. The average molecular weight is 679 g/mol. The number of carbonyl (C=O) groups excluding carboxylic acids is 3. The van der Waals surface area contributed by atoms with Gasteiger partial charge >= 0.3 is 0 Å². The lowest BCUT2D eigenvalue weighted by molar-refractivity contribution is -0.117. The molecule has 2 aliphatic heterocycles. The fourth-order valence-electron chi connectivity index (χ4n) is 6.16. The zero-order chi connectivity index (χ0) is 35.7. The number of nitrogens with zero attached hydrogens (tertiary/aromatic N) is 2. The summed E-state index contributed by atoms with van der Waals surface area (Å²) >= 11 is 0. The van der Waals surface area contributed by atoms with Gasteiger partial charge < -0.3 is 36.5 Å². The predicted octanol–water partition coefficient (Wildman–Crippen LogP) is 3.78. The number of primary amides is 1. The van der Waals surface area contributed by atoms with Crippen LogP contribution in [-0.4, -0.2) is 88.1 Å². The van der Waals surface area contributed by atoms with Crippen molar-refractivity contribution in [3.8, 4) is 17.6 Å². The first-order chi connectivity index (χ1) is 23.9. The van der Waals surface area contributed by atoms with Crippen LogP contribution < -0.4 is 26.8 Å². The topological polar surface area (TPSA) is 152 Å². The summed E-state index contributed by atoms with van der Waals surface area (Å²) in [6, 6.07) is 13.5. The highest BCUT2D eigenvalue weighted by Crippen LogP contribution is 2.32. The molecule has 1 saturated heterocycles. The van der Waals surface area contributed by atoms with E-state index in [0.717, 1.165) is 84.0 Å². The van der Waals surface area contributed by atoms with E-state index in [-0.39, 0.29) is 6.41 Å². The molecule has 0 aromatic heterocycles. The Morgan fingerprint density at radius 1 is 1.04 bits per heavy atom. The lowest BCUT2D eigenvalue weighted by Crippen LogP contribution is -2.35. The molecule has 4 rings (SSSR count). The number of unbranched alkanes of at least 4 members (excludes halogenated alkanes) is 1. The van der Waals surface area contributed by atoms with Crippen molar-refractivity contribution in [1.82, 2.24) is 20.4 Å². The van der Waals surface area contributed by atoms with Crippen molar-refractivity contribution in [2.24, 2.45) is 5.73 Å². The van der Waals surface area contributed by atoms with Crippen molar-refractivity contribution in [3.05, 3.63) is 58.7 Å². The number of nitrogens with two attached hydrogens (primary N) is 2. The average Bonchev–Trinajstić information content (AvgIpc) is 3.56. The highest BCUT2D eigenvalue weighted by Gasteiger charge is 2.24. The third-order valence-electron chi connectivity index (χ3n) is 8.86. The SMILES string of the molecule is CCCC(C)N1Cc2cccc(C#CCCCNCCCOCCN3CCC(c4ccc(N)c(OC)c4)CC3)c2C1.NC=O.O=CNC=O. The number of likely N-dealkylation sites (tertiary alicyclic amines) is 1. The normalized spacial score (nSPS) is 14.8. The molecule has 270 valence electrons. The van der Waals surface area contributed by atoms with Crippen molar-refractivity contribution in [2.75, 3.05) is 58.8 Å². The molecule has 1 unspecified atom stereocenters. The van der Waals surface area contributed by atoms with E-state index in [1.807, 2.05) is 6.07 Å². The number of fused-ring (bicyclic) bond motifs is 1. The lowest BCUT2D eigenvalue weighted by Gasteiger charge is -2.32. The molecule has 3 amide bonds. The van der Waals surface area contributed by atoms with Crippen LogP contribution in [0.25, 0.3) is 0 Å². The maximum absolute atomic E-state index is 9.06. The van der Waals surface area contributed by atoms with Crippen LogP contribution in [0.1, 0.15) is 87.0 Å². The smallest absolute Gasteiger partial charge is 0.213 e. The van der Waals surface area contributed by atoms with Crippen molar-refractivity contribution in [3.63, 3.8) is 0 Å². The fourth-order valence-corrected chi connectivity index (χ4v) is 6.16. The van der Waals surface area contributed by atoms with E-state index in [9.17, 15) is 0 Å². The van der Waals surface area contributed by atoms with Gasteiger partial charge in [0.1, 0.15) is 5.75 Å². The number of ether oxygens (including phenoxy) is 2. The lowest BCUT2D eigenvalue weighted by atomic mass is 9.89. The summed E-state index contributed by atoms with van der Waals surface area (Å²) in [7, 11) is 1.68. The molecule has 1 atom stereocenters. The fraction of sp³-hybridized carbons (Fsp3) is 0.553. The summed E-state index contributed by atoms with van der Waals surface area (Å²) in [4.78, 5) is 31.8. The molecule has 0 radical (unpaired) electrons. The van der Waals surface area contributed by atoms with Crippen molar-refractivity contribution in [2.45, 2.75) is 83.8 Å². The van der Waals surface area contributed by atoms with Gasteiger partial charge in [-0.1, -0.05) is 43.4 Å². The van der Waals surface area contributed by atoms with E-state index in [1.165, 1.54) is 47.9 Å². The molecule has 0 saturated carbocycles. The summed E-state index contributed by atoms with van der Waals surface area (Å²) in [5.41, 5.74) is 16.3. The van der Waals surface area contributed by atoms with Gasteiger partial charge in [-0.05, 0) is 106 Å². The van der Waals surface area contributed by atoms with Gasteiger partial charge in [-0.25, -0.2) is 0 Å². The molecule has 0 aliphatic carbocycles. The number of imide groups is 1. The summed E-state index contributed by atoms with van der Waals surface area (Å²) < 4.78 is 11.3. The van der Waals surface area contributed by atoms with Gasteiger partial charge in [0.25, 0.3) is 0 Å². The molecular formula is C38H58N6O5. The monoisotopic (exact) mass is 678 g/mol. The molecule has 6 N–H and O–H groups in total. The number of piperidine rings is 1. The second kappa shape index (κ2) is 25.1. The Morgan fingerprint density at radius 2 is 1.78 bits per heavy atom. The summed E-state index contributed by atoms with van der Waals surface area (Å²) in [6.45, 7) is 13.6. The Balaban J connectivity index is 0.000000939. The first-order valence-corrected chi connectivity index (χ1v) is 17.5. The van der Waals surface area contributed by atoms with E-state index < -0.39 is 0 Å². The molecule has 0 spiro atoms. The van der Waals surface area contributed by atoms with Crippen LogP contribution >= 0.6 is 0 Å². The van der Waals surface area contributed by atoms with E-state index in [0.29, 0.717) is 30.5 Å². The van der Waals surface area contributed by atoms with Crippen molar-refractivity contribution < 1.29 is 23.9 Å². The summed E-state index contributed by atoms with van der Waals surface area (Å²) in [5.74, 6) is 8.26. The molecule has 49 heavy (non-hydrogen) atoms. The van der Waals surface area contributed by atoms with Crippen LogP contribution in [-0.2, 0) is 32.2 Å². The van der Waals surface area contributed by atoms with E-state index >= 15 is 0 Å². The third kappa shape index (κ3) is 15.4. The second-order valence-electron chi connectivity index (χ2n) is 12.3. The number of methoxy groups -OCH3 is 1. The molecule has 11 nitrogen and oxygen atoms in total. The van der Waals surface area contributed by atoms with Crippen LogP contribution in [0.4, 0.5) is 5.69 Å². The standard InChI is InChI=1S/C35H52N4O2.C2H3NO2.CH3NO/c1-4-10-28(2)39-26-32-13-8-12-30(33(32)27-39)11-6-5-7-18-37-19-9-23-41-24-22-38-20-16-29(17-21-38)31-14-15-34(36)35(25-31)40-3;4-1-3-2-5;2-1-3/h8,12-15,25,28-29,37H,4-5,7,9-10,16-24,26-27,36H2,1-3H3;1-2H,(H,3,4,5);1H,(H2,2,3). The Kier molecular flexibility index (Phi) is 21.1. The number of amides is 3. The van der Waals surface area contributed by atoms with Gasteiger partial charge in [-0.3, -0.25) is 19.3 Å². The number of rotatable bonds is 17. The largest absolute Gasteiger partial charge is 0.495 e. The van der Waals surface area contributed by atoms with Gasteiger partial charge in [0.2, 0.25) is 19.2 Å². The molecule has 2 aliphatic rings. The molecule has 2 heterocycles. The Bertz CT molecular complexity index is 1300. The van der Waals surface area contributed by atoms with Gasteiger partial charge in [0, 0.05) is 44.3 Å². The first-order valence-electron chi connectivity index (χ1n) is 17.5. The van der Waals surface area contributed by atoms with Gasteiger partial charge in [-0.2, -0.15) is 0 Å². The number of hydrogen-bond acceptors (Lipinski definition) is 9. The molecule has 11 heteroatoms. The molecular weight excluding hydrogens is 620 g/mol. The van der Waals surface area contributed by atoms with Crippen LogP contribution in [0, 0.1) is 11.8 Å². The van der Waals surface area contributed by atoms with Crippen LogP contribution in [0.3, 0.4) is 0 Å².